The topological polar surface area (TPSA) is 84.5 Å². The lowest BCUT2D eigenvalue weighted by molar-refractivity contribution is -0.143. The summed E-state index contributed by atoms with van der Waals surface area (Å²) >= 11 is 1.51. The second kappa shape index (κ2) is 6.85. The van der Waals surface area contributed by atoms with Crippen molar-refractivity contribution in [1.82, 2.24) is 10.6 Å². The summed E-state index contributed by atoms with van der Waals surface area (Å²) in [7, 11) is 0. The van der Waals surface area contributed by atoms with Gasteiger partial charge in [-0.25, -0.2) is 9.59 Å². The van der Waals surface area contributed by atoms with Crippen molar-refractivity contribution in [2.45, 2.75) is 18.9 Å². The van der Waals surface area contributed by atoms with E-state index in [-0.39, 0.29) is 6.04 Å². The second-order valence-corrected chi connectivity index (χ2v) is 5.07. The molecule has 6 nitrogen and oxygen atoms in total. The number of thiophene rings is 1. The number of amides is 3. The summed E-state index contributed by atoms with van der Waals surface area (Å²) in [6.07, 6.45) is 4.70. The van der Waals surface area contributed by atoms with Gasteiger partial charge in [0.15, 0.2) is 6.61 Å². The van der Waals surface area contributed by atoms with Crippen LogP contribution in [0.5, 0.6) is 0 Å². The Hall–Kier alpha value is -2.15. The van der Waals surface area contributed by atoms with Crippen LogP contribution in [0.25, 0.3) is 6.08 Å². The van der Waals surface area contributed by atoms with Crippen molar-refractivity contribution in [2.75, 3.05) is 6.61 Å². The monoisotopic (exact) mass is 294 g/mol. The minimum Gasteiger partial charge on any atom is -0.452 e. The molecule has 0 aromatic carbocycles. The molecule has 106 valence electrons. The molecule has 1 aromatic rings. The molecular formula is C13H14N2O4S. The number of hydrogen-bond donors (Lipinski definition) is 2. The van der Waals surface area contributed by atoms with Crippen LogP contribution in [0.4, 0.5) is 4.79 Å². The van der Waals surface area contributed by atoms with E-state index in [0.717, 1.165) is 18.4 Å². The predicted octanol–water partition coefficient (Wildman–Crippen LogP) is 1.29. The first-order valence-electron chi connectivity index (χ1n) is 6.11. The number of carbonyl (C=O) groups excluding carboxylic acids is 3. The van der Waals surface area contributed by atoms with Crippen molar-refractivity contribution >= 4 is 35.3 Å². The van der Waals surface area contributed by atoms with Crippen LogP contribution in [-0.4, -0.2) is 30.6 Å². The molecule has 0 atom stereocenters. The molecule has 1 fully saturated rings. The van der Waals surface area contributed by atoms with Gasteiger partial charge in [0.05, 0.1) is 0 Å². The minimum atomic E-state index is -0.652. The molecule has 2 N–H and O–H groups in total. The van der Waals surface area contributed by atoms with Gasteiger partial charge in [-0.15, -0.1) is 0 Å². The number of esters is 1. The highest BCUT2D eigenvalue weighted by Crippen LogP contribution is 2.18. The van der Waals surface area contributed by atoms with Crippen molar-refractivity contribution in [2.24, 2.45) is 0 Å². The lowest BCUT2D eigenvalue weighted by Crippen LogP contribution is -2.42. The molecule has 0 radical (unpaired) electrons. The van der Waals surface area contributed by atoms with Gasteiger partial charge in [0.2, 0.25) is 0 Å². The molecule has 0 saturated heterocycles. The van der Waals surface area contributed by atoms with Crippen molar-refractivity contribution in [3.8, 4) is 0 Å². The molecular weight excluding hydrogens is 280 g/mol. The number of nitrogens with one attached hydrogen (secondary N) is 2. The highest BCUT2D eigenvalue weighted by Gasteiger charge is 2.23. The Morgan fingerprint density at radius 1 is 1.40 bits per heavy atom. The average molecular weight is 294 g/mol. The fourth-order valence-corrected chi connectivity index (χ4v) is 1.96. The van der Waals surface area contributed by atoms with Gasteiger partial charge in [0.25, 0.3) is 5.91 Å². The summed E-state index contributed by atoms with van der Waals surface area (Å²) in [4.78, 5) is 33.9. The van der Waals surface area contributed by atoms with E-state index >= 15 is 0 Å². The Morgan fingerprint density at radius 3 is 2.85 bits per heavy atom. The van der Waals surface area contributed by atoms with Crippen molar-refractivity contribution in [3.63, 3.8) is 0 Å². The molecule has 7 heteroatoms. The highest BCUT2D eigenvalue weighted by molar-refractivity contribution is 7.08. The predicted molar refractivity (Wildman–Crippen MR) is 74.0 cm³/mol. The quantitative estimate of drug-likeness (QED) is 0.633. The SMILES string of the molecule is O=C(COC(=O)/C=C/c1ccsc1)NC(=O)NC1CC1. The van der Waals surface area contributed by atoms with Gasteiger partial charge in [0.1, 0.15) is 0 Å². The zero-order valence-corrected chi connectivity index (χ0v) is 11.4. The molecule has 1 aromatic heterocycles. The zero-order chi connectivity index (χ0) is 14.4. The number of urea groups is 1. The molecule has 3 amide bonds. The summed E-state index contributed by atoms with van der Waals surface area (Å²) in [6, 6.07) is 1.46. The van der Waals surface area contributed by atoms with Gasteiger partial charge in [0, 0.05) is 12.1 Å². The van der Waals surface area contributed by atoms with Gasteiger partial charge < -0.3 is 10.1 Å². The van der Waals surface area contributed by atoms with Crippen LogP contribution < -0.4 is 10.6 Å². The first-order chi connectivity index (χ1) is 9.63. The summed E-state index contributed by atoms with van der Waals surface area (Å²) in [5, 5.41) is 8.44. The van der Waals surface area contributed by atoms with Crippen LogP contribution in [-0.2, 0) is 14.3 Å². The molecule has 0 aliphatic heterocycles. The number of carbonyl (C=O) groups is 3. The lowest BCUT2D eigenvalue weighted by Gasteiger charge is -2.05. The van der Waals surface area contributed by atoms with E-state index in [2.05, 4.69) is 10.6 Å². The van der Waals surface area contributed by atoms with Gasteiger partial charge in [-0.2, -0.15) is 11.3 Å². The third-order valence-electron chi connectivity index (χ3n) is 2.47. The average Bonchev–Trinajstić information content (AvgIpc) is 3.06. The van der Waals surface area contributed by atoms with E-state index in [4.69, 9.17) is 4.74 Å². The van der Waals surface area contributed by atoms with E-state index < -0.39 is 24.5 Å². The normalized spacial score (nSPS) is 14.0. The number of hydrogen-bond acceptors (Lipinski definition) is 5. The maximum Gasteiger partial charge on any atom is 0.331 e. The van der Waals surface area contributed by atoms with E-state index in [9.17, 15) is 14.4 Å². The van der Waals surface area contributed by atoms with Crippen molar-refractivity contribution in [1.29, 1.82) is 0 Å². The summed E-state index contributed by atoms with van der Waals surface area (Å²) in [5.41, 5.74) is 0.889. The highest BCUT2D eigenvalue weighted by atomic mass is 32.1. The Labute approximate surface area is 119 Å². The largest absolute Gasteiger partial charge is 0.452 e. The first-order valence-corrected chi connectivity index (χ1v) is 7.05. The molecule has 1 aliphatic rings. The summed E-state index contributed by atoms with van der Waals surface area (Å²) in [5.74, 6) is -1.28. The Bertz CT molecular complexity index is 520. The molecule has 2 rings (SSSR count). The van der Waals surface area contributed by atoms with Crippen LogP contribution in [0.3, 0.4) is 0 Å². The number of imide groups is 1. The van der Waals surface area contributed by atoms with E-state index in [1.807, 2.05) is 16.8 Å². The van der Waals surface area contributed by atoms with Crippen LogP contribution in [0.15, 0.2) is 22.9 Å². The molecule has 0 bridgehead atoms. The van der Waals surface area contributed by atoms with Crippen molar-refractivity contribution in [3.05, 3.63) is 28.5 Å². The fraction of sp³-hybridized carbons (Fsp3) is 0.308. The van der Waals surface area contributed by atoms with Crippen LogP contribution in [0.2, 0.25) is 0 Å². The smallest absolute Gasteiger partial charge is 0.331 e. The maximum atomic E-state index is 11.3. The number of rotatable bonds is 5. The summed E-state index contributed by atoms with van der Waals surface area (Å²) in [6.45, 7) is -0.481. The Balaban J connectivity index is 1.64. The van der Waals surface area contributed by atoms with E-state index in [1.165, 1.54) is 17.4 Å². The van der Waals surface area contributed by atoms with Crippen molar-refractivity contribution < 1.29 is 19.1 Å². The van der Waals surface area contributed by atoms with Gasteiger partial charge in [-0.05, 0) is 41.3 Å². The molecule has 1 aliphatic carbocycles. The molecule has 0 spiro atoms. The van der Waals surface area contributed by atoms with Crippen LogP contribution in [0, 0.1) is 0 Å². The third kappa shape index (κ3) is 5.23. The third-order valence-corrected chi connectivity index (χ3v) is 3.17. The fourth-order valence-electron chi connectivity index (χ4n) is 1.33. The minimum absolute atomic E-state index is 0.166. The Kier molecular flexibility index (Phi) is 4.89. The Morgan fingerprint density at radius 2 is 2.20 bits per heavy atom. The van der Waals surface area contributed by atoms with E-state index in [1.54, 1.807) is 6.08 Å². The van der Waals surface area contributed by atoms with Gasteiger partial charge in [-0.3, -0.25) is 10.1 Å². The molecule has 1 saturated carbocycles. The zero-order valence-electron chi connectivity index (χ0n) is 10.6. The van der Waals surface area contributed by atoms with Crippen LogP contribution >= 0.6 is 11.3 Å². The molecule has 20 heavy (non-hydrogen) atoms. The number of ether oxygens (including phenoxy) is 1. The molecule has 1 heterocycles. The van der Waals surface area contributed by atoms with Gasteiger partial charge in [-0.1, -0.05) is 0 Å². The maximum absolute atomic E-state index is 11.3. The first kappa shape index (κ1) is 14.3. The lowest BCUT2D eigenvalue weighted by atomic mass is 10.3. The van der Waals surface area contributed by atoms with Gasteiger partial charge >= 0.3 is 12.0 Å². The second-order valence-electron chi connectivity index (χ2n) is 4.29. The molecule has 0 unspecified atom stereocenters. The standard InChI is InChI=1S/C13H14N2O4S/c16-11(15-13(18)14-10-2-3-10)7-19-12(17)4-1-9-5-6-20-8-9/h1,4-6,8,10H,2-3,7H2,(H2,14,15,16,18)/b4-1+. The summed E-state index contributed by atoms with van der Waals surface area (Å²) < 4.78 is 4.71. The van der Waals surface area contributed by atoms with Crippen LogP contribution in [0.1, 0.15) is 18.4 Å². The van der Waals surface area contributed by atoms with E-state index in [0.29, 0.717) is 0 Å².